The van der Waals surface area contributed by atoms with Gasteiger partial charge in [0, 0.05) is 6.54 Å². The minimum atomic E-state index is 0.0177. The van der Waals surface area contributed by atoms with Crippen molar-refractivity contribution >= 4 is 52.1 Å². The van der Waals surface area contributed by atoms with Crippen molar-refractivity contribution in [3.63, 3.8) is 0 Å². The molecule has 0 bridgehead atoms. The molecule has 0 fully saturated rings. The van der Waals surface area contributed by atoms with Crippen molar-refractivity contribution in [2.24, 2.45) is 0 Å². The van der Waals surface area contributed by atoms with E-state index in [-0.39, 0.29) is 5.91 Å². The second kappa shape index (κ2) is 9.32. The van der Waals surface area contributed by atoms with Crippen molar-refractivity contribution in [2.45, 2.75) is 27.8 Å². The summed E-state index contributed by atoms with van der Waals surface area (Å²) >= 11 is 5.92. The molecule has 3 rings (SSSR count). The Morgan fingerprint density at radius 3 is 2.92 bits per heavy atom. The molecular weight excluding hydrogens is 398 g/mol. The maximum absolute atomic E-state index is 11.6. The largest absolute Gasteiger partial charge is 0.355 e. The summed E-state index contributed by atoms with van der Waals surface area (Å²) in [5, 5.41) is 17.0. The molecule has 3 heterocycles. The first-order valence-electron chi connectivity index (χ1n) is 7.47. The highest BCUT2D eigenvalue weighted by atomic mass is 32.2. The van der Waals surface area contributed by atoms with Crippen molar-refractivity contribution in [2.75, 3.05) is 12.3 Å². The quantitative estimate of drug-likeness (QED) is 0.532. The molecule has 3 aromatic heterocycles. The van der Waals surface area contributed by atoms with Gasteiger partial charge < -0.3 is 9.84 Å². The monoisotopic (exact) mass is 413 g/mol. The molecule has 0 aliphatic heterocycles. The number of aromatic nitrogens is 4. The number of amides is 1. The lowest BCUT2D eigenvalue weighted by atomic mass is 10.5. The van der Waals surface area contributed by atoms with E-state index >= 15 is 0 Å². The summed E-state index contributed by atoms with van der Waals surface area (Å²) in [6, 6.07) is 3.89. The fourth-order valence-electron chi connectivity index (χ4n) is 1.70. The highest BCUT2D eigenvalue weighted by Crippen LogP contribution is 2.31. The van der Waals surface area contributed by atoms with Crippen molar-refractivity contribution in [1.29, 1.82) is 0 Å². The Morgan fingerprint density at radius 1 is 1.32 bits per heavy atom. The zero-order valence-corrected chi connectivity index (χ0v) is 16.6. The molecule has 3 aromatic rings. The minimum absolute atomic E-state index is 0.0177. The van der Waals surface area contributed by atoms with Crippen LogP contribution in [0.25, 0.3) is 10.8 Å². The first-order chi connectivity index (χ1) is 12.2. The van der Waals surface area contributed by atoms with Gasteiger partial charge in [0.25, 0.3) is 5.89 Å². The van der Waals surface area contributed by atoms with Gasteiger partial charge in [-0.25, -0.2) is 0 Å². The van der Waals surface area contributed by atoms with Gasteiger partial charge in [-0.1, -0.05) is 53.0 Å². The molecule has 132 valence electrons. The van der Waals surface area contributed by atoms with E-state index in [2.05, 4.69) is 25.7 Å². The fourth-order valence-corrected chi connectivity index (χ4v) is 5.03. The number of hydrogen-bond acceptors (Lipinski definition) is 10. The summed E-state index contributed by atoms with van der Waals surface area (Å²) in [5.41, 5.74) is 0. The molecule has 0 saturated carbocycles. The van der Waals surface area contributed by atoms with E-state index in [4.69, 9.17) is 4.52 Å². The maximum atomic E-state index is 11.6. The summed E-state index contributed by atoms with van der Waals surface area (Å²) in [6.45, 7) is 2.73. The van der Waals surface area contributed by atoms with Gasteiger partial charge >= 0.3 is 0 Å². The molecule has 0 aromatic carbocycles. The van der Waals surface area contributed by atoms with Crippen LogP contribution in [0, 0.1) is 0 Å². The third-order valence-electron chi connectivity index (χ3n) is 2.81. The molecule has 0 atom stereocenters. The van der Waals surface area contributed by atoms with Gasteiger partial charge in [0.15, 0.2) is 14.5 Å². The van der Waals surface area contributed by atoms with Crippen LogP contribution in [0.15, 0.2) is 30.7 Å². The highest BCUT2D eigenvalue weighted by Gasteiger charge is 2.12. The number of carbonyl (C=O) groups excluding carboxylic acids is 1. The SMILES string of the molecule is CCCNC(=O)CSc1nnc(SCc2noc(-c3cccs3)n2)s1. The fraction of sp³-hybridized carbons (Fsp3) is 0.357. The van der Waals surface area contributed by atoms with Crippen molar-refractivity contribution in [3.05, 3.63) is 23.3 Å². The van der Waals surface area contributed by atoms with Gasteiger partial charge in [0.05, 0.1) is 16.4 Å². The lowest BCUT2D eigenvalue weighted by Crippen LogP contribution is -2.25. The number of thiophene rings is 1. The van der Waals surface area contributed by atoms with Gasteiger partial charge in [-0.05, 0) is 17.9 Å². The zero-order chi connectivity index (χ0) is 17.5. The lowest BCUT2D eigenvalue weighted by Gasteiger charge is -2.00. The first kappa shape index (κ1) is 18.4. The third-order valence-corrected chi connectivity index (χ3v) is 6.86. The standard InChI is InChI=1S/C14H15N5O2S4/c1-2-5-15-11(20)8-24-14-18-17-13(25-14)23-7-10-16-12(21-19-10)9-4-3-6-22-9/h3-4,6H,2,5,7-8H2,1H3,(H,15,20). The summed E-state index contributed by atoms with van der Waals surface area (Å²) in [7, 11) is 0. The Morgan fingerprint density at radius 2 is 2.16 bits per heavy atom. The van der Waals surface area contributed by atoms with E-state index in [1.165, 1.54) is 34.9 Å². The molecule has 0 aliphatic carbocycles. The molecule has 0 radical (unpaired) electrons. The van der Waals surface area contributed by atoms with Gasteiger partial charge in [-0.2, -0.15) is 4.98 Å². The predicted octanol–water partition coefficient (Wildman–Crippen LogP) is 3.56. The van der Waals surface area contributed by atoms with Crippen molar-refractivity contribution in [3.8, 4) is 10.8 Å². The summed E-state index contributed by atoms with van der Waals surface area (Å²) in [6.07, 6.45) is 0.931. The van der Waals surface area contributed by atoms with E-state index in [1.54, 1.807) is 11.3 Å². The predicted molar refractivity (Wildman–Crippen MR) is 101 cm³/mol. The number of carbonyl (C=O) groups is 1. The number of hydrogen-bond donors (Lipinski definition) is 1. The van der Waals surface area contributed by atoms with Crippen LogP contribution < -0.4 is 5.32 Å². The van der Waals surface area contributed by atoms with Crippen molar-refractivity contribution < 1.29 is 9.32 Å². The molecular formula is C14H15N5O2S4. The molecule has 1 N–H and O–H groups in total. The smallest absolute Gasteiger partial charge is 0.268 e. The Balaban J connectivity index is 1.46. The van der Waals surface area contributed by atoms with E-state index in [9.17, 15) is 4.79 Å². The Bertz CT molecular complexity index is 802. The number of rotatable bonds is 9. The average molecular weight is 414 g/mol. The topological polar surface area (TPSA) is 93.8 Å². The molecule has 0 saturated heterocycles. The number of nitrogens with zero attached hydrogens (tertiary/aromatic N) is 4. The maximum Gasteiger partial charge on any atom is 0.268 e. The third kappa shape index (κ3) is 5.53. The van der Waals surface area contributed by atoms with Gasteiger partial charge in [-0.15, -0.1) is 21.5 Å². The highest BCUT2D eigenvalue weighted by molar-refractivity contribution is 8.03. The summed E-state index contributed by atoms with van der Waals surface area (Å²) < 4.78 is 6.85. The van der Waals surface area contributed by atoms with E-state index in [0.29, 0.717) is 29.8 Å². The van der Waals surface area contributed by atoms with Gasteiger partial charge in [0.1, 0.15) is 0 Å². The van der Waals surface area contributed by atoms with Crippen LogP contribution in [-0.4, -0.2) is 38.5 Å². The summed E-state index contributed by atoms with van der Waals surface area (Å²) in [5.74, 6) is 2.09. The Kier molecular flexibility index (Phi) is 6.84. The zero-order valence-electron chi connectivity index (χ0n) is 13.3. The van der Waals surface area contributed by atoms with Crippen LogP contribution in [0.2, 0.25) is 0 Å². The molecule has 0 aliphatic rings. The van der Waals surface area contributed by atoms with Crippen LogP contribution in [0.4, 0.5) is 0 Å². The van der Waals surface area contributed by atoms with Gasteiger partial charge in [-0.3, -0.25) is 4.79 Å². The van der Waals surface area contributed by atoms with Crippen LogP contribution in [0.1, 0.15) is 19.2 Å². The Labute approximate surface area is 161 Å². The molecule has 7 nitrogen and oxygen atoms in total. The van der Waals surface area contributed by atoms with E-state index in [1.807, 2.05) is 24.4 Å². The second-order valence-electron chi connectivity index (χ2n) is 4.75. The molecule has 0 spiro atoms. The van der Waals surface area contributed by atoms with Crippen LogP contribution in [-0.2, 0) is 10.5 Å². The molecule has 25 heavy (non-hydrogen) atoms. The lowest BCUT2D eigenvalue weighted by molar-refractivity contribution is -0.118. The average Bonchev–Trinajstić information content (AvgIpc) is 3.37. The van der Waals surface area contributed by atoms with Crippen LogP contribution in [0.5, 0.6) is 0 Å². The van der Waals surface area contributed by atoms with Crippen LogP contribution in [0.3, 0.4) is 0 Å². The normalized spacial score (nSPS) is 10.9. The Hall–Kier alpha value is -1.43. The first-order valence-corrected chi connectivity index (χ1v) is 11.1. The van der Waals surface area contributed by atoms with Crippen molar-refractivity contribution in [1.82, 2.24) is 25.7 Å². The van der Waals surface area contributed by atoms with Crippen LogP contribution >= 0.6 is 46.2 Å². The second-order valence-corrected chi connectivity index (χ2v) is 9.12. The molecule has 0 unspecified atom stereocenters. The van der Waals surface area contributed by atoms with E-state index < -0.39 is 0 Å². The minimum Gasteiger partial charge on any atom is -0.355 e. The van der Waals surface area contributed by atoms with E-state index in [0.717, 1.165) is 20.0 Å². The molecule has 11 heteroatoms. The summed E-state index contributed by atoms with van der Waals surface area (Å²) in [4.78, 5) is 16.9. The van der Waals surface area contributed by atoms with Gasteiger partial charge in [0.2, 0.25) is 5.91 Å². The number of thioether (sulfide) groups is 2. The number of nitrogens with one attached hydrogen (secondary N) is 1. The molecule has 1 amide bonds.